The van der Waals surface area contributed by atoms with E-state index in [1.54, 1.807) is 11.3 Å². The maximum atomic E-state index is 13.1. The Hall–Kier alpha value is -2.74. The highest BCUT2D eigenvalue weighted by Crippen LogP contribution is 2.39. The van der Waals surface area contributed by atoms with Crippen molar-refractivity contribution in [3.63, 3.8) is 0 Å². The van der Waals surface area contributed by atoms with Crippen LogP contribution in [0.4, 0.5) is 0 Å². The van der Waals surface area contributed by atoms with E-state index >= 15 is 0 Å². The van der Waals surface area contributed by atoms with Crippen molar-refractivity contribution < 1.29 is 4.79 Å². The van der Waals surface area contributed by atoms with Crippen LogP contribution in [0.5, 0.6) is 0 Å². The lowest BCUT2D eigenvalue weighted by Gasteiger charge is -2.40. The Morgan fingerprint density at radius 1 is 1.23 bits per heavy atom. The van der Waals surface area contributed by atoms with E-state index in [2.05, 4.69) is 31.4 Å². The molecular weight excluding hydrogens is 408 g/mol. The van der Waals surface area contributed by atoms with Crippen LogP contribution in [0.15, 0.2) is 48.0 Å². The summed E-state index contributed by atoms with van der Waals surface area (Å²) in [6, 6.07) is 11.9. The van der Waals surface area contributed by atoms with Crippen LogP contribution < -0.4 is 0 Å². The quantitative estimate of drug-likeness (QED) is 0.432. The first-order chi connectivity index (χ1) is 14.9. The molecule has 0 radical (unpaired) electrons. The van der Waals surface area contributed by atoms with E-state index in [-0.39, 0.29) is 12.3 Å². The lowest BCUT2D eigenvalue weighted by Crippen LogP contribution is -2.35. The van der Waals surface area contributed by atoms with E-state index in [9.17, 15) is 10.0 Å². The van der Waals surface area contributed by atoms with E-state index in [0.717, 1.165) is 16.5 Å². The second-order valence-electron chi connectivity index (χ2n) is 8.67. The van der Waals surface area contributed by atoms with Crippen LogP contribution in [0.3, 0.4) is 0 Å². The smallest absolute Gasteiger partial charge is 0.180 e. The first-order valence-electron chi connectivity index (χ1n) is 10.6. The molecule has 0 saturated carbocycles. The van der Waals surface area contributed by atoms with Gasteiger partial charge in [0.25, 0.3) is 0 Å². The average molecular weight is 434 g/mol. The predicted molar refractivity (Wildman–Crippen MR) is 124 cm³/mol. The maximum Gasteiger partial charge on any atom is 0.180 e. The third-order valence-electron chi connectivity index (χ3n) is 5.98. The molecule has 160 valence electrons. The van der Waals surface area contributed by atoms with Crippen LogP contribution in [0.25, 0.3) is 21.5 Å². The molecule has 1 unspecified atom stereocenters. The van der Waals surface area contributed by atoms with Gasteiger partial charge >= 0.3 is 0 Å². The number of benzene rings is 1. The summed E-state index contributed by atoms with van der Waals surface area (Å²) < 4.78 is 5.17. The maximum absolute atomic E-state index is 13.1. The number of hydrogen-bond donors (Lipinski definition) is 0. The Kier molecular flexibility index (Phi) is 5.04. The second-order valence-corrected chi connectivity index (χ2v) is 9.58. The third kappa shape index (κ3) is 3.43. The fourth-order valence-corrected chi connectivity index (χ4v) is 5.48. The molecule has 7 heteroatoms. The molecule has 1 aromatic carbocycles. The molecule has 3 aromatic heterocycles. The number of hydrogen-bond acceptors (Lipinski definition) is 5. The van der Waals surface area contributed by atoms with Gasteiger partial charge in [0.1, 0.15) is 0 Å². The number of rotatable bonds is 5. The topological polar surface area (TPSA) is 66.1 Å². The lowest BCUT2D eigenvalue weighted by molar-refractivity contribution is 0.0895. The summed E-state index contributed by atoms with van der Waals surface area (Å²) in [6.45, 7) is 4.63. The summed E-state index contributed by atoms with van der Waals surface area (Å²) in [5.74, 6) is 0.176. The van der Waals surface area contributed by atoms with Gasteiger partial charge in [0.05, 0.1) is 35.7 Å². The van der Waals surface area contributed by atoms with Crippen molar-refractivity contribution in [1.82, 2.24) is 19.4 Å². The molecule has 0 N–H and O–H groups in total. The van der Waals surface area contributed by atoms with E-state index < -0.39 is 6.04 Å². The molecule has 4 aromatic rings. The summed E-state index contributed by atoms with van der Waals surface area (Å²) in [5, 5.41) is 21.9. The number of carbonyl (C=O) groups is 1. The fraction of sp³-hybridized carbons (Fsp3) is 0.333. The van der Waals surface area contributed by atoms with E-state index in [1.165, 1.54) is 15.6 Å². The van der Waals surface area contributed by atoms with Crippen molar-refractivity contribution in [1.29, 1.82) is 0 Å². The average Bonchev–Trinajstić information content (AvgIpc) is 3.42. The van der Waals surface area contributed by atoms with Crippen molar-refractivity contribution >= 4 is 27.2 Å². The highest BCUT2D eigenvalue weighted by Gasteiger charge is 2.35. The Balaban J connectivity index is 1.70. The van der Waals surface area contributed by atoms with Gasteiger partial charge in [-0.25, -0.2) is 0 Å². The second kappa shape index (κ2) is 7.75. The molecule has 1 atom stereocenters. The van der Waals surface area contributed by atoms with Crippen molar-refractivity contribution in [2.45, 2.75) is 32.9 Å². The van der Waals surface area contributed by atoms with Gasteiger partial charge in [-0.2, -0.15) is 5.10 Å². The molecule has 0 aliphatic carbocycles. The van der Waals surface area contributed by atoms with Gasteiger partial charge in [0.15, 0.2) is 5.78 Å². The van der Waals surface area contributed by atoms with Crippen LogP contribution >= 0.6 is 11.3 Å². The van der Waals surface area contributed by atoms with Gasteiger partial charge in [-0.05, 0) is 46.9 Å². The number of fused-ring (bicyclic) bond motifs is 2. The van der Waals surface area contributed by atoms with Gasteiger partial charge in [0.2, 0.25) is 0 Å². The molecule has 5 rings (SSSR count). The number of ketones is 1. The molecule has 0 amide bonds. The van der Waals surface area contributed by atoms with Gasteiger partial charge in [0, 0.05) is 24.0 Å². The molecule has 6 nitrogen and oxygen atoms in total. The minimum Gasteiger partial charge on any atom is -0.784 e. The normalized spacial score (nSPS) is 17.1. The molecule has 1 aliphatic heterocycles. The highest BCUT2D eigenvalue weighted by atomic mass is 32.1. The largest absolute Gasteiger partial charge is 0.784 e. The molecule has 0 fully saturated rings. The number of Topliss-reactive ketones (excluding diaryl/α,β-unsaturated/α-hetero) is 1. The SMILES string of the molecule is CC(C)CC1c2nn(Cc3csc4ccccc34)c(-c3cccn3C)c2C(=O)CN1[O-]. The standard InChI is InChI=1S/C24H25N4O2S/c1-15(2)11-19-23-22(20(29)13-28(19)30)24(18-8-6-10-26(18)3)27(25-23)12-16-14-31-21-9-5-4-7-17(16)21/h4-10,14-15,19H,11-13H2,1-3H3/q-1. The number of thiophene rings is 1. The first kappa shape index (κ1) is 20.2. The van der Waals surface area contributed by atoms with Crippen LogP contribution in [-0.2, 0) is 13.6 Å². The van der Waals surface area contributed by atoms with Gasteiger partial charge in [-0.3, -0.25) is 9.48 Å². The van der Waals surface area contributed by atoms with Crippen LogP contribution in [0.1, 0.15) is 47.9 Å². The van der Waals surface area contributed by atoms with Gasteiger partial charge < -0.3 is 14.8 Å². The number of carbonyl (C=O) groups excluding carboxylic acids is 1. The number of aromatic nitrogens is 3. The molecule has 0 saturated heterocycles. The Labute approximate surface area is 185 Å². The minimum atomic E-state index is -0.396. The predicted octanol–water partition coefficient (Wildman–Crippen LogP) is 5.23. The van der Waals surface area contributed by atoms with Crippen LogP contribution in [0.2, 0.25) is 0 Å². The summed E-state index contributed by atoms with van der Waals surface area (Å²) in [6.07, 6.45) is 2.65. The van der Waals surface area contributed by atoms with Crippen molar-refractivity contribution in [2.75, 3.05) is 6.54 Å². The van der Waals surface area contributed by atoms with E-state index in [4.69, 9.17) is 5.10 Å². The van der Waals surface area contributed by atoms with Crippen LogP contribution in [0, 0.1) is 11.1 Å². The molecule has 0 spiro atoms. The number of hydroxylamine groups is 2. The molecule has 0 bridgehead atoms. The summed E-state index contributed by atoms with van der Waals surface area (Å²) >= 11 is 1.71. The lowest BCUT2D eigenvalue weighted by atomic mass is 9.92. The zero-order chi connectivity index (χ0) is 21.7. The zero-order valence-electron chi connectivity index (χ0n) is 17.9. The van der Waals surface area contributed by atoms with Gasteiger partial charge in [-0.15, -0.1) is 11.3 Å². The Bertz CT molecular complexity index is 1270. The van der Waals surface area contributed by atoms with Crippen molar-refractivity contribution in [3.05, 3.63) is 70.0 Å². The summed E-state index contributed by atoms with van der Waals surface area (Å²) in [4.78, 5) is 13.1. The number of nitrogens with zero attached hydrogens (tertiary/aromatic N) is 4. The monoisotopic (exact) mass is 433 g/mol. The van der Waals surface area contributed by atoms with E-state index in [0.29, 0.717) is 30.1 Å². The molecule has 31 heavy (non-hydrogen) atoms. The highest BCUT2D eigenvalue weighted by molar-refractivity contribution is 7.17. The molecular formula is C24H25N4O2S-. The summed E-state index contributed by atoms with van der Waals surface area (Å²) in [5.41, 5.74) is 4.14. The van der Waals surface area contributed by atoms with Crippen molar-refractivity contribution in [2.24, 2.45) is 13.0 Å². The fourth-order valence-electron chi connectivity index (χ4n) is 4.53. The minimum absolute atomic E-state index is 0.116. The molecule has 4 heterocycles. The van der Waals surface area contributed by atoms with Gasteiger partial charge in [-0.1, -0.05) is 32.0 Å². The third-order valence-corrected chi connectivity index (χ3v) is 7.00. The first-order valence-corrected chi connectivity index (χ1v) is 11.5. The Morgan fingerprint density at radius 3 is 2.77 bits per heavy atom. The van der Waals surface area contributed by atoms with Crippen molar-refractivity contribution in [3.8, 4) is 11.4 Å². The van der Waals surface area contributed by atoms with Crippen LogP contribution in [-0.4, -0.2) is 31.7 Å². The Morgan fingerprint density at radius 2 is 2.03 bits per heavy atom. The van der Waals surface area contributed by atoms with E-state index in [1.807, 2.05) is 46.8 Å². The summed E-state index contributed by atoms with van der Waals surface area (Å²) in [7, 11) is 1.97. The number of aryl methyl sites for hydroxylation is 1. The zero-order valence-corrected chi connectivity index (χ0v) is 18.7. The molecule has 1 aliphatic rings.